The lowest BCUT2D eigenvalue weighted by molar-refractivity contribution is -0.136. The number of nitrogens with one attached hydrogen (secondary N) is 1. The number of amides is 2. The molecule has 2 amide bonds. The van der Waals surface area contributed by atoms with Crippen LogP contribution in [0.4, 0.5) is 5.69 Å². The molecule has 0 saturated heterocycles. The van der Waals surface area contributed by atoms with Crippen molar-refractivity contribution in [1.29, 1.82) is 0 Å². The molecule has 0 aromatic heterocycles. The van der Waals surface area contributed by atoms with E-state index >= 15 is 0 Å². The maximum atomic E-state index is 12.8. The summed E-state index contributed by atoms with van der Waals surface area (Å²) in [4.78, 5) is 26.7. The number of hydrogen-bond acceptors (Lipinski definition) is 3. The summed E-state index contributed by atoms with van der Waals surface area (Å²) in [5, 5.41) is 3.64. The van der Waals surface area contributed by atoms with E-state index in [0.717, 1.165) is 9.37 Å². The summed E-state index contributed by atoms with van der Waals surface area (Å²) in [7, 11) is 0. The molecule has 6 heteroatoms. The van der Waals surface area contributed by atoms with Gasteiger partial charge in [-0.25, -0.2) is 0 Å². The molecule has 0 atom stereocenters. The molecule has 25 heavy (non-hydrogen) atoms. The Hall–Kier alpha value is -2.37. The highest BCUT2D eigenvalue weighted by molar-refractivity contribution is 9.10. The second kappa shape index (κ2) is 7.25. The van der Waals surface area contributed by atoms with Gasteiger partial charge in [-0.05, 0) is 35.9 Å². The number of rotatable bonds is 5. The summed E-state index contributed by atoms with van der Waals surface area (Å²) in [6.07, 6.45) is 1.53. The SMILES string of the molecule is C=CCN1C(=O)C(Nc2cccc(Br)c2)=C(c2ccc(Cl)cc2)C1=O. The van der Waals surface area contributed by atoms with Crippen LogP contribution in [-0.2, 0) is 9.59 Å². The second-order valence-electron chi connectivity index (χ2n) is 5.40. The molecule has 0 saturated carbocycles. The van der Waals surface area contributed by atoms with Gasteiger partial charge in [0.1, 0.15) is 5.70 Å². The molecule has 0 aliphatic carbocycles. The van der Waals surface area contributed by atoms with Crippen LogP contribution in [0.15, 0.2) is 71.4 Å². The zero-order valence-electron chi connectivity index (χ0n) is 13.1. The number of nitrogens with zero attached hydrogens (tertiary/aromatic N) is 1. The van der Waals surface area contributed by atoms with Crippen LogP contribution in [0.3, 0.4) is 0 Å². The maximum Gasteiger partial charge on any atom is 0.278 e. The fourth-order valence-corrected chi connectivity index (χ4v) is 3.11. The van der Waals surface area contributed by atoms with Gasteiger partial charge in [0, 0.05) is 21.7 Å². The Bertz CT molecular complexity index is 891. The van der Waals surface area contributed by atoms with Gasteiger partial charge in [-0.2, -0.15) is 0 Å². The van der Waals surface area contributed by atoms with Crippen molar-refractivity contribution in [3.05, 3.63) is 81.9 Å². The Morgan fingerprint density at radius 3 is 2.48 bits per heavy atom. The largest absolute Gasteiger partial charge is 0.350 e. The smallest absolute Gasteiger partial charge is 0.278 e. The van der Waals surface area contributed by atoms with Crippen molar-refractivity contribution in [3.63, 3.8) is 0 Å². The predicted octanol–water partition coefficient (Wildman–Crippen LogP) is 4.48. The number of anilines is 1. The molecule has 2 aromatic carbocycles. The van der Waals surface area contributed by atoms with Crippen LogP contribution in [-0.4, -0.2) is 23.3 Å². The molecular formula is C19H14BrClN2O2. The van der Waals surface area contributed by atoms with Gasteiger partial charge in [-0.15, -0.1) is 6.58 Å². The number of halogens is 2. The maximum absolute atomic E-state index is 12.8. The van der Waals surface area contributed by atoms with Gasteiger partial charge in [0.15, 0.2) is 0 Å². The summed E-state index contributed by atoms with van der Waals surface area (Å²) in [6.45, 7) is 3.77. The van der Waals surface area contributed by atoms with E-state index in [9.17, 15) is 9.59 Å². The van der Waals surface area contributed by atoms with Crippen molar-refractivity contribution in [2.75, 3.05) is 11.9 Å². The minimum absolute atomic E-state index is 0.151. The molecule has 2 aromatic rings. The number of carbonyl (C=O) groups is 2. The van der Waals surface area contributed by atoms with E-state index < -0.39 is 0 Å². The van der Waals surface area contributed by atoms with E-state index in [-0.39, 0.29) is 24.1 Å². The molecule has 3 rings (SSSR count). The molecule has 0 radical (unpaired) electrons. The van der Waals surface area contributed by atoms with E-state index in [1.54, 1.807) is 24.3 Å². The molecular weight excluding hydrogens is 404 g/mol. The summed E-state index contributed by atoms with van der Waals surface area (Å²) in [6, 6.07) is 14.2. The minimum Gasteiger partial charge on any atom is -0.350 e. The van der Waals surface area contributed by atoms with Crippen molar-refractivity contribution in [1.82, 2.24) is 4.90 Å². The fourth-order valence-electron chi connectivity index (χ4n) is 2.58. The predicted molar refractivity (Wildman–Crippen MR) is 103 cm³/mol. The molecule has 0 spiro atoms. The van der Waals surface area contributed by atoms with E-state index in [4.69, 9.17) is 11.6 Å². The molecule has 4 nitrogen and oxygen atoms in total. The molecule has 1 N–H and O–H groups in total. The zero-order valence-corrected chi connectivity index (χ0v) is 15.5. The third-order valence-electron chi connectivity index (χ3n) is 3.71. The Balaban J connectivity index is 2.08. The average Bonchev–Trinajstić information content (AvgIpc) is 2.81. The monoisotopic (exact) mass is 416 g/mol. The summed E-state index contributed by atoms with van der Waals surface area (Å²) in [5.74, 6) is -0.737. The van der Waals surface area contributed by atoms with Gasteiger partial charge in [0.2, 0.25) is 0 Å². The lowest BCUT2D eigenvalue weighted by Gasteiger charge is -2.12. The van der Waals surface area contributed by atoms with Gasteiger partial charge in [-0.1, -0.05) is 51.8 Å². The van der Waals surface area contributed by atoms with Crippen LogP contribution in [0.1, 0.15) is 5.56 Å². The molecule has 1 aliphatic rings. The molecule has 1 aliphatic heterocycles. The van der Waals surface area contributed by atoms with Crippen LogP contribution in [0, 0.1) is 0 Å². The fraction of sp³-hybridized carbons (Fsp3) is 0.0526. The van der Waals surface area contributed by atoms with Gasteiger partial charge < -0.3 is 5.32 Å². The van der Waals surface area contributed by atoms with E-state index in [0.29, 0.717) is 21.8 Å². The van der Waals surface area contributed by atoms with E-state index in [1.807, 2.05) is 24.3 Å². The lowest BCUT2D eigenvalue weighted by atomic mass is 10.0. The van der Waals surface area contributed by atoms with Gasteiger partial charge in [0.25, 0.3) is 11.8 Å². The first kappa shape index (κ1) is 17.5. The minimum atomic E-state index is -0.380. The number of hydrogen-bond donors (Lipinski definition) is 1. The van der Waals surface area contributed by atoms with Crippen molar-refractivity contribution >= 4 is 50.6 Å². The Kier molecular flexibility index (Phi) is 5.06. The quantitative estimate of drug-likeness (QED) is 0.576. The topological polar surface area (TPSA) is 49.4 Å². The molecule has 0 unspecified atom stereocenters. The summed E-state index contributed by atoms with van der Waals surface area (Å²) < 4.78 is 0.867. The zero-order chi connectivity index (χ0) is 18.0. The lowest BCUT2D eigenvalue weighted by Crippen LogP contribution is -2.32. The van der Waals surface area contributed by atoms with Crippen LogP contribution in [0.2, 0.25) is 5.02 Å². The van der Waals surface area contributed by atoms with Crippen molar-refractivity contribution < 1.29 is 9.59 Å². The highest BCUT2D eigenvalue weighted by Crippen LogP contribution is 2.31. The number of imide groups is 1. The normalized spacial score (nSPS) is 14.2. The van der Waals surface area contributed by atoms with E-state index in [1.165, 1.54) is 6.08 Å². The highest BCUT2D eigenvalue weighted by Gasteiger charge is 2.38. The first-order valence-corrected chi connectivity index (χ1v) is 8.68. The second-order valence-corrected chi connectivity index (χ2v) is 6.75. The highest BCUT2D eigenvalue weighted by atomic mass is 79.9. The molecule has 1 heterocycles. The Labute approximate surface area is 158 Å². The molecule has 0 bridgehead atoms. The van der Waals surface area contributed by atoms with Crippen molar-refractivity contribution in [3.8, 4) is 0 Å². The molecule has 126 valence electrons. The van der Waals surface area contributed by atoms with Gasteiger partial charge in [-0.3, -0.25) is 14.5 Å². The van der Waals surface area contributed by atoms with Crippen LogP contribution in [0.25, 0.3) is 5.57 Å². The molecule has 0 fully saturated rings. The van der Waals surface area contributed by atoms with Crippen LogP contribution in [0.5, 0.6) is 0 Å². The number of benzene rings is 2. The van der Waals surface area contributed by atoms with Gasteiger partial charge >= 0.3 is 0 Å². The van der Waals surface area contributed by atoms with Crippen molar-refractivity contribution in [2.24, 2.45) is 0 Å². The standard InChI is InChI=1S/C19H14BrClN2O2/c1-2-10-23-18(24)16(12-6-8-14(21)9-7-12)17(19(23)25)22-15-5-3-4-13(20)11-15/h2-9,11,22H,1,10H2. The van der Waals surface area contributed by atoms with Crippen LogP contribution < -0.4 is 5.32 Å². The third kappa shape index (κ3) is 3.52. The summed E-state index contributed by atoms with van der Waals surface area (Å²) in [5.41, 5.74) is 1.90. The van der Waals surface area contributed by atoms with Crippen molar-refractivity contribution in [2.45, 2.75) is 0 Å². The van der Waals surface area contributed by atoms with Crippen LogP contribution >= 0.6 is 27.5 Å². The summed E-state index contributed by atoms with van der Waals surface area (Å²) >= 11 is 9.33. The third-order valence-corrected chi connectivity index (χ3v) is 4.45. The average molecular weight is 418 g/mol. The van der Waals surface area contributed by atoms with Gasteiger partial charge in [0.05, 0.1) is 5.57 Å². The first-order chi connectivity index (χ1) is 12.0. The first-order valence-electron chi connectivity index (χ1n) is 7.51. The Morgan fingerprint density at radius 1 is 1.12 bits per heavy atom. The van der Waals surface area contributed by atoms with E-state index in [2.05, 4.69) is 27.8 Å². The number of carbonyl (C=O) groups excluding carboxylic acids is 2. The Morgan fingerprint density at radius 2 is 1.84 bits per heavy atom.